The second-order valence-electron chi connectivity index (χ2n) is 14.1. The number of fused-ring (bicyclic) bond motifs is 6. The fourth-order valence-electron chi connectivity index (χ4n) is 8.31. The minimum Gasteiger partial charge on any atom is -0.310 e. The van der Waals surface area contributed by atoms with Gasteiger partial charge in [0.25, 0.3) is 0 Å². The molecule has 1 aliphatic rings. The van der Waals surface area contributed by atoms with Gasteiger partial charge in [-0.05, 0) is 108 Å². The van der Waals surface area contributed by atoms with E-state index in [-0.39, 0.29) is 0 Å². The van der Waals surface area contributed by atoms with Gasteiger partial charge in [-0.3, -0.25) is 0 Å². The van der Waals surface area contributed by atoms with Crippen molar-refractivity contribution >= 4 is 60.2 Å². The Morgan fingerprint density at radius 3 is 1.66 bits per heavy atom. The molecule has 53 heavy (non-hydrogen) atoms. The number of hydrogen-bond acceptors (Lipinski definition) is 1. The lowest BCUT2D eigenvalue weighted by Crippen LogP contribution is -2.11. The average molecular weight is 676 g/mol. The third-order valence-corrected chi connectivity index (χ3v) is 10.9. The lowest BCUT2D eigenvalue weighted by Gasteiger charge is -2.28. The summed E-state index contributed by atoms with van der Waals surface area (Å²) in [7, 11) is 0. The Morgan fingerprint density at radius 2 is 0.981 bits per heavy atom. The Balaban J connectivity index is 1.13. The minimum absolute atomic E-state index is 0.449. The topological polar surface area (TPSA) is 3.24 Å². The lowest BCUT2D eigenvalue weighted by atomic mass is 9.91. The van der Waals surface area contributed by atoms with Crippen molar-refractivity contribution in [2.24, 2.45) is 0 Å². The molecule has 0 aliphatic heterocycles. The van der Waals surface area contributed by atoms with E-state index in [9.17, 15) is 0 Å². The summed E-state index contributed by atoms with van der Waals surface area (Å²) < 4.78 is 0. The third kappa shape index (κ3) is 5.59. The fourth-order valence-corrected chi connectivity index (χ4v) is 8.31. The Bertz CT molecular complexity index is 2860. The zero-order chi connectivity index (χ0) is 35.1. The van der Waals surface area contributed by atoms with Crippen molar-refractivity contribution in [1.82, 2.24) is 0 Å². The van der Waals surface area contributed by atoms with Crippen LogP contribution in [0.4, 0.5) is 17.1 Å². The van der Waals surface area contributed by atoms with Crippen LogP contribution in [0.1, 0.15) is 17.9 Å². The molecule has 1 nitrogen and oxygen atoms in total. The molecule has 0 N–H and O–H groups in total. The smallest absolute Gasteiger partial charge is 0.0546 e. The second-order valence-corrected chi connectivity index (χ2v) is 14.1. The van der Waals surface area contributed by atoms with E-state index in [1.165, 1.54) is 70.9 Å². The van der Waals surface area contributed by atoms with Gasteiger partial charge in [-0.15, -0.1) is 0 Å². The van der Waals surface area contributed by atoms with E-state index in [1.54, 1.807) is 0 Å². The summed E-state index contributed by atoms with van der Waals surface area (Å²) in [5.74, 6) is 0.449. The summed E-state index contributed by atoms with van der Waals surface area (Å²) in [6, 6.07) is 67.1. The quantitative estimate of drug-likeness (QED) is 0.159. The molecule has 0 aromatic heterocycles. The SMILES string of the molecule is C1=CCC(c2ccc(-c3ccc(N(c4cccc(-c5cc6ccccc6c6ccccc56)c4)c4cc5ccccc5c5ccccc45)cc3)cc2)C=C1. The Kier molecular flexibility index (Phi) is 7.69. The highest BCUT2D eigenvalue weighted by atomic mass is 15.1. The number of nitrogens with zero attached hydrogens (tertiary/aromatic N) is 1. The molecule has 0 radical (unpaired) electrons. The molecule has 0 saturated carbocycles. The predicted molar refractivity (Wildman–Crippen MR) is 228 cm³/mol. The van der Waals surface area contributed by atoms with Gasteiger partial charge < -0.3 is 4.90 Å². The molecule has 0 heterocycles. The van der Waals surface area contributed by atoms with Crippen LogP contribution < -0.4 is 4.90 Å². The van der Waals surface area contributed by atoms with Crippen LogP contribution in [-0.2, 0) is 0 Å². The van der Waals surface area contributed by atoms with Gasteiger partial charge in [-0.25, -0.2) is 0 Å². The van der Waals surface area contributed by atoms with Crippen molar-refractivity contribution in [2.45, 2.75) is 12.3 Å². The first-order valence-corrected chi connectivity index (χ1v) is 18.5. The summed E-state index contributed by atoms with van der Waals surface area (Å²) in [5, 5.41) is 10.0. The minimum atomic E-state index is 0.449. The molecule has 9 aromatic rings. The van der Waals surface area contributed by atoms with Gasteiger partial charge in [-0.1, -0.05) is 170 Å². The first-order valence-electron chi connectivity index (χ1n) is 18.5. The Morgan fingerprint density at radius 1 is 0.396 bits per heavy atom. The van der Waals surface area contributed by atoms with E-state index in [0.29, 0.717) is 5.92 Å². The molecule has 250 valence electrons. The van der Waals surface area contributed by atoms with Gasteiger partial charge in [-0.2, -0.15) is 0 Å². The molecular weight excluding hydrogens is 639 g/mol. The van der Waals surface area contributed by atoms with Gasteiger partial charge in [0.1, 0.15) is 0 Å². The molecule has 0 fully saturated rings. The average Bonchev–Trinajstić information content (AvgIpc) is 3.24. The van der Waals surface area contributed by atoms with Crippen LogP contribution in [-0.4, -0.2) is 0 Å². The normalized spacial score (nSPS) is 14.0. The fraction of sp³-hybridized carbons (Fsp3) is 0.0385. The van der Waals surface area contributed by atoms with Crippen molar-refractivity contribution in [3.8, 4) is 22.3 Å². The van der Waals surface area contributed by atoms with Crippen molar-refractivity contribution in [3.63, 3.8) is 0 Å². The number of rotatable bonds is 6. The van der Waals surface area contributed by atoms with Crippen LogP contribution in [0, 0.1) is 0 Å². The van der Waals surface area contributed by atoms with E-state index in [0.717, 1.165) is 23.5 Å². The molecule has 1 atom stereocenters. The highest BCUT2D eigenvalue weighted by Gasteiger charge is 2.19. The largest absolute Gasteiger partial charge is 0.310 e. The van der Waals surface area contributed by atoms with Crippen molar-refractivity contribution in [2.75, 3.05) is 4.90 Å². The zero-order valence-corrected chi connectivity index (χ0v) is 29.4. The van der Waals surface area contributed by atoms with Crippen molar-refractivity contribution in [3.05, 3.63) is 212 Å². The van der Waals surface area contributed by atoms with Crippen molar-refractivity contribution in [1.29, 1.82) is 0 Å². The van der Waals surface area contributed by atoms with Gasteiger partial charge in [0, 0.05) is 22.7 Å². The van der Waals surface area contributed by atoms with Gasteiger partial charge in [0.2, 0.25) is 0 Å². The number of allylic oxidation sites excluding steroid dienone is 4. The van der Waals surface area contributed by atoms with Gasteiger partial charge in [0.05, 0.1) is 5.69 Å². The lowest BCUT2D eigenvalue weighted by molar-refractivity contribution is 0.854. The number of hydrogen-bond donors (Lipinski definition) is 0. The van der Waals surface area contributed by atoms with Crippen LogP contribution in [0.2, 0.25) is 0 Å². The maximum Gasteiger partial charge on any atom is 0.0546 e. The Labute approximate surface area is 310 Å². The second kappa shape index (κ2) is 13.1. The summed E-state index contributed by atoms with van der Waals surface area (Å²) in [5.41, 5.74) is 9.62. The van der Waals surface area contributed by atoms with Gasteiger partial charge >= 0.3 is 0 Å². The molecule has 0 amide bonds. The van der Waals surface area contributed by atoms with Crippen LogP contribution in [0.15, 0.2) is 206 Å². The van der Waals surface area contributed by atoms with Crippen LogP contribution in [0.5, 0.6) is 0 Å². The van der Waals surface area contributed by atoms with E-state index in [4.69, 9.17) is 0 Å². The molecule has 0 saturated heterocycles. The molecule has 10 rings (SSSR count). The summed E-state index contributed by atoms with van der Waals surface area (Å²) in [6.45, 7) is 0. The highest BCUT2D eigenvalue weighted by Crippen LogP contribution is 2.44. The molecule has 0 spiro atoms. The zero-order valence-electron chi connectivity index (χ0n) is 29.4. The molecule has 1 aliphatic carbocycles. The number of anilines is 3. The van der Waals surface area contributed by atoms with E-state index in [1.807, 2.05) is 0 Å². The molecule has 9 aromatic carbocycles. The third-order valence-electron chi connectivity index (χ3n) is 10.9. The maximum atomic E-state index is 2.44. The van der Waals surface area contributed by atoms with E-state index >= 15 is 0 Å². The standard InChI is InChI=1S/C52H37N/c1-2-13-36(14-3-1)37-25-27-38(28-26-37)39-29-31-43(32-30-39)53(52-35-42-16-5-7-20-46(42)48-22-10-11-24-50(48)52)44-18-12-17-40(33-44)51-34-41-15-4-6-19-45(41)47-21-8-9-23-49(47)51/h1-13,15-36H,14H2. The first kappa shape index (κ1) is 31.1. The van der Waals surface area contributed by atoms with E-state index in [2.05, 4.69) is 211 Å². The monoisotopic (exact) mass is 675 g/mol. The summed E-state index contributed by atoms with van der Waals surface area (Å²) >= 11 is 0. The maximum absolute atomic E-state index is 2.44. The van der Waals surface area contributed by atoms with Crippen LogP contribution >= 0.6 is 0 Å². The molecule has 0 bridgehead atoms. The number of benzene rings is 9. The highest BCUT2D eigenvalue weighted by molar-refractivity contribution is 6.16. The molecular formula is C52H37N. The van der Waals surface area contributed by atoms with Crippen molar-refractivity contribution < 1.29 is 0 Å². The first-order chi connectivity index (χ1) is 26.3. The summed E-state index contributed by atoms with van der Waals surface area (Å²) in [4.78, 5) is 2.44. The van der Waals surface area contributed by atoms with Crippen LogP contribution in [0.3, 0.4) is 0 Å². The molecule has 1 unspecified atom stereocenters. The predicted octanol–water partition coefficient (Wildman–Crippen LogP) is 14.7. The molecule has 1 heteroatoms. The van der Waals surface area contributed by atoms with E-state index < -0.39 is 0 Å². The van der Waals surface area contributed by atoms with Crippen LogP contribution in [0.25, 0.3) is 65.3 Å². The Hall–Kier alpha value is -6.70. The van der Waals surface area contributed by atoms with Gasteiger partial charge in [0.15, 0.2) is 0 Å². The summed E-state index contributed by atoms with van der Waals surface area (Å²) in [6.07, 6.45) is 9.90.